The van der Waals surface area contributed by atoms with Gasteiger partial charge in [0.2, 0.25) is 0 Å². The van der Waals surface area contributed by atoms with E-state index < -0.39 is 29.2 Å². The summed E-state index contributed by atoms with van der Waals surface area (Å²) in [5.41, 5.74) is -0.225. The highest BCUT2D eigenvalue weighted by Crippen LogP contribution is 2.27. The molecule has 0 aliphatic carbocycles. The highest BCUT2D eigenvalue weighted by atomic mass is 35.5. The molecule has 0 spiro atoms. The molecular formula is C14H10ClF3N2O3S. The lowest BCUT2D eigenvalue weighted by Crippen LogP contribution is -2.38. The van der Waals surface area contributed by atoms with Crippen molar-refractivity contribution in [3.63, 3.8) is 0 Å². The first-order valence-corrected chi connectivity index (χ1v) is 7.80. The summed E-state index contributed by atoms with van der Waals surface area (Å²) in [6, 6.07) is 4.76. The molecule has 1 aromatic heterocycles. The molecule has 128 valence electrons. The highest BCUT2D eigenvalue weighted by molar-refractivity contribution is 7.07. The van der Waals surface area contributed by atoms with E-state index in [1.807, 2.05) is 0 Å². The molecule has 2 rings (SSSR count). The molecule has 10 heteroatoms. The third-order valence-electron chi connectivity index (χ3n) is 3.00. The summed E-state index contributed by atoms with van der Waals surface area (Å²) in [4.78, 5) is 23.1. The Hall–Kier alpha value is -2.13. The number of hydrogen-bond acceptors (Lipinski definition) is 4. The van der Waals surface area contributed by atoms with Gasteiger partial charge in [0, 0.05) is 18.2 Å². The molecule has 0 aliphatic heterocycles. The molecule has 0 unspecified atom stereocenters. The molecule has 1 aromatic carbocycles. The minimum absolute atomic E-state index is 0.197. The van der Waals surface area contributed by atoms with Crippen LogP contribution in [0.25, 0.3) is 0 Å². The summed E-state index contributed by atoms with van der Waals surface area (Å²) in [7, 11) is 0. The molecular weight excluding hydrogens is 369 g/mol. The number of nitro groups is 1. The van der Waals surface area contributed by atoms with Crippen molar-refractivity contribution in [3.05, 3.63) is 61.3 Å². The Morgan fingerprint density at radius 2 is 2.04 bits per heavy atom. The van der Waals surface area contributed by atoms with Crippen molar-refractivity contribution in [1.29, 1.82) is 0 Å². The lowest BCUT2D eigenvalue weighted by Gasteiger charge is -2.23. The quantitative estimate of drug-likeness (QED) is 0.568. The molecule has 0 N–H and O–H groups in total. The Kier molecular flexibility index (Phi) is 5.45. The molecule has 0 fully saturated rings. The second kappa shape index (κ2) is 7.18. The Labute approximate surface area is 143 Å². The van der Waals surface area contributed by atoms with Crippen molar-refractivity contribution in [2.24, 2.45) is 0 Å². The van der Waals surface area contributed by atoms with Crippen LogP contribution in [0, 0.1) is 10.1 Å². The average molecular weight is 379 g/mol. The van der Waals surface area contributed by atoms with Gasteiger partial charge in [-0.3, -0.25) is 14.9 Å². The van der Waals surface area contributed by atoms with Gasteiger partial charge in [-0.2, -0.15) is 24.5 Å². The predicted octanol–water partition coefficient (Wildman–Crippen LogP) is 4.51. The van der Waals surface area contributed by atoms with Gasteiger partial charge in [0.25, 0.3) is 11.6 Å². The number of thiophene rings is 1. The van der Waals surface area contributed by atoms with E-state index in [1.54, 1.807) is 16.8 Å². The van der Waals surface area contributed by atoms with Gasteiger partial charge < -0.3 is 4.90 Å². The van der Waals surface area contributed by atoms with Crippen LogP contribution in [0.4, 0.5) is 18.9 Å². The predicted molar refractivity (Wildman–Crippen MR) is 83.2 cm³/mol. The number of alkyl halides is 3. The van der Waals surface area contributed by atoms with Gasteiger partial charge in [0.15, 0.2) is 0 Å². The maximum atomic E-state index is 12.8. The van der Waals surface area contributed by atoms with Crippen LogP contribution < -0.4 is 0 Å². The van der Waals surface area contributed by atoms with Crippen LogP contribution in [0.1, 0.15) is 15.9 Å². The van der Waals surface area contributed by atoms with Gasteiger partial charge in [-0.15, -0.1) is 0 Å². The maximum absolute atomic E-state index is 12.8. The summed E-state index contributed by atoms with van der Waals surface area (Å²) >= 11 is 6.94. The van der Waals surface area contributed by atoms with Crippen molar-refractivity contribution < 1.29 is 22.9 Å². The summed E-state index contributed by atoms with van der Waals surface area (Å²) in [6.07, 6.45) is -4.59. The molecule has 5 nitrogen and oxygen atoms in total. The van der Waals surface area contributed by atoms with Crippen LogP contribution in [0.3, 0.4) is 0 Å². The van der Waals surface area contributed by atoms with Gasteiger partial charge in [0.05, 0.1) is 4.92 Å². The number of halogens is 4. The zero-order valence-corrected chi connectivity index (χ0v) is 13.5. The number of carbonyl (C=O) groups is 1. The Bertz CT molecular complexity index is 750. The minimum Gasteiger partial charge on any atom is -0.325 e. The monoisotopic (exact) mass is 378 g/mol. The Morgan fingerprint density at radius 1 is 1.33 bits per heavy atom. The molecule has 0 saturated carbocycles. The zero-order chi connectivity index (χ0) is 17.9. The number of nitro benzene ring substituents is 1. The van der Waals surface area contributed by atoms with Crippen molar-refractivity contribution in [2.45, 2.75) is 12.7 Å². The van der Waals surface area contributed by atoms with Gasteiger partial charge in [-0.25, -0.2) is 0 Å². The first-order chi connectivity index (χ1) is 11.2. The molecule has 1 amide bonds. The van der Waals surface area contributed by atoms with E-state index in [0.29, 0.717) is 10.5 Å². The number of rotatable bonds is 5. The lowest BCUT2D eigenvalue weighted by atomic mass is 10.1. The summed E-state index contributed by atoms with van der Waals surface area (Å²) in [6.45, 7) is -1.71. The maximum Gasteiger partial charge on any atom is 0.406 e. The number of hydrogen-bond donors (Lipinski definition) is 0. The number of carbonyl (C=O) groups excluding carboxylic acids is 1. The van der Waals surface area contributed by atoms with Crippen LogP contribution >= 0.6 is 22.9 Å². The SMILES string of the molecule is O=C(c1ccc(Cl)c([N+](=O)[O-])c1)N(Cc1ccsc1)CC(F)(F)F. The lowest BCUT2D eigenvalue weighted by molar-refractivity contribution is -0.384. The van der Waals surface area contributed by atoms with Gasteiger partial charge in [-0.1, -0.05) is 11.6 Å². The standard InChI is InChI=1S/C14H10ClF3N2O3S/c15-11-2-1-10(5-12(11)20(22)23)13(21)19(8-14(16,17)18)6-9-3-4-24-7-9/h1-5,7H,6,8H2. The minimum atomic E-state index is -4.59. The van der Waals surface area contributed by atoms with E-state index in [2.05, 4.69) is 0 Å². The van der Waals surface area contributed by atoms with Crippen LogP contribution in [0.2, 0.25) is 5.02 Å². The summed E-state index contributed by atoms with van der Waals surface area (Å²) < 4.78 is 38.3. The number of nitrogens with zero attached hydrogens (tertiary/aromatic N) is 2. The first kappa shape index (κ1) is 18.2. The second-order valence-electron chi connectivity index (χ2n) is 4.83. The van der Waals surface area contributed by atoms with E-state index in [9.17, 15) is 28.1 Å². The third-order valence-corrected chi connectivity index (χ3v) is 4.05. The molecule has 2 aromatic rings. The van der Waals surface area contributed by atoms with Crippen LogP contribution in [-0.2, 0) is 6.54 Å². The molecule has 0 saturated heterocycles. The van der Waals surface area contributed by atoms with Crippen molar-refractivity contribution >= 4 is 34.5 Å². The van der Waals surface area contributed by atoms with Gasteiger partial charge in [-0.05, 0) is 34.5 Å². The molecule has 1 heterocycles. The van der Waals surface area contributed by atoms with Crippen LogP contribution in [0.15, 0.2) is 35.0 Å². The van der Waals surface area contributed by atoms with Crippen molar-refractivity contribution in [3.8, 4) is 0 Å². The molecule has 24 heavy (non-hydrogen) atoms. The van der Waals surface area contributed by atoms with Crippen LogP contribution in [-0.4, -0.2) is 28.5 Å². The Morgan fingerprint density at radius 3 is 2.58 bits per heavy atom. The molecule has 0 bridgehead atoms. The normalized spacial score (nSPS) is 11.3. The van der Waals surface area contributed by atoms with E-state index >= 15 is 0 Å². The third kappa shape index (κ3) is 4.68. The average Bonchev–Trinajstić information content (AvgIpc) is 2.97. The second-order valence-corrected chi connectivity index (χ2v) is 6.02. The summed E-state index contributed by atoms with van der Waals surface area (Å²) in [5.74, 6) is -0.960. The van der Waals surface area contributed by atoms with Gasteiger partial charge >= 0.3 is 6.18 Å². The molecule has 0 aliphatic rings. The Balaban J connectivity index is 2.33. The molecule has 0 atom stereocenters. The van der Waals surface area contributed by atoms with Gasteiger partial charge in [0.1, 0.15) is 11.6 Å². The fourth-order valence-corrected chi connectivity index (χ4v) is 2.83. The largest absolute Gasteiger partial charge is 0.406 e. The topological polar surface area (TPSA) is 63.4 Å². The van der Waals surface area contributed by atoms with Crippen molar-refractivity contribution in [1.82, 2.24) is 4.90 Å². The van der Waals surface area contributed by atoms with E-state index in [-0.39, 0.29) is 17.1 Å². The smallest absolute Gasteiger partial charge is 0.325 e. The fourth-order valence-electron chi connectivity index (χ4n) is 1.99. The first-order valence-electron chi connectivity index (χ1n) is 6.48. The van der Waals surface area contributed by atoms with E-state index in [4.69, 9.17) is 11.6 Å². The summed E-state index contributed by atoms with van der Waals surface area (Å²) in [5, 5.41) is 14.0. The number of benzene rings is 1. The fraction of sp³-hybridized carbons (Fsp3) is 0.214. The van der Waals surface area contributed by atoms with E-state index in [0.717, 1.165) is 18.2 Å². The van der Waals surface area contributed by atoms with E-state index in [1.165, 1.54) is 11.3 Å². The zero-order valence-electron chi connectivity index (χ0n) is 11.9. The highest BCUT2D eigenvalue weighted by Gasteiger charge is 2.34. The number of amides is 1. The molecule has 0 radical (unpaired) electrons. The van der Waals surface area contributed by atoms with Crippen molar-refractivity contribution in [2.75, 3.05) is 6.54 Å². The van der Waals surface area contributed by atoms with Crippen LogP contribution in [0.5, 0.6) is 0 Å².